The number of morpholine rings is 1. The Morgan fingerprint density at radius 1 is 1.37 bits per heavy atom. The maximum atomic E-state index is 12.6. The van der Waals surface area contributed by atoms with E-state index in [0.29, 0.717) is 26.2 Å². The van der Waals surface area contributed by atoms with Crippen molar-refractivity contribution >= 4 is 22.4 Å². The minimum atomic E-state index is 0.134. The van der Waals surface area contributed by atoms with Crippen molar-refractivity contribution in [3.8, 4) is 5.75 Å². The van der Waals surface area contributed by atoms with Gasteiger partial charge in [0.2, 0.25) is 5.91 Å². The molecule has 1 atom stereocenters. The van der Waals surface area contributed by atoms with Crippen molar-refractivity contribution in [2.75, 3.05) is 46.4 Å². The molecular formula is C21H27N3O3. The van der Waals surface area contributed by atoms with Crippen LogP contribution in [-0.2, 0) is 9.53 Å². The maximum Gasteiger partial charge on any atom is 0.236 e. The topological polar surface area (TPSA) is 57.8 Å². The number of aromatic amines is 1. The number of carbonyl (C=O) groups is 1. The first-order chi connectivity index (χ1) is 13.1. The van der Waals surface area contributed by atoms with Crippen LogP contribution in [0.5, 0.6) is 5.75 Å². The summed E-state index contributed by atoms with van der Waals surface area (Å²) in [5.41, 5.74) is 3.68. The van der Waals surface area contributed by atoms with E-state index in [9.17, 15) is 4.79 Å². The summed E-state index contributed by atoms with van der Waals surface area (Å²) in [6, 6.07) is 6.10. The molecule has 2 aliphatic rings. The van der Waals surface area contributed by atoms with Gasteiger partial charge in [0.1, 0.15) is 5.75 Å². The first kappa shape index (κ1) is 18.1. The summed E-state index contributed by atoms with van der Waals surface area (Å²) in [5, 5.41) is 1.19. The van der Waals surface area contributed by atoms with E-state index >= 15 is 0 Å². The number of fused-ring (bicyclic) bond motifs is 1. The van der Waals surface area contributed by atoms with Crippen molar-refractivity contribution in [3.63, 3.8) is 0 Å². The molecule has 4 rings (SSSR count). The number of rotatable bonds is 4. The first-order valence-electron chi connectivity index (χ1n) is 9.60. The van der Waals surface area contributed by atoms with Crippen LogP contribution in [0, 0.1) is 0 Å². The zero-order valence-corrected chi connectivity index (χ0v) is 16.0. The van der Waals surface area contributed by atoms with Gasteiger partial charge in [-0.1, -0.05) is 6.08 Å². The molecule has 3 heterocycles. The van der Waals surface area contributed by atoms with E-state index in [1.807, 2.05) is 17.9 Å². The molecule has 2 aromatic rings. The first-order valence-corrected chi connectivity index (χ1v) is 9.60. The quantitative estimate of drug-likeness (QED) is 0.900. The molecule has 144 valence electrons. The fourth-order valence-electron chi connectivity index (χ4n) is 3.93. The van der Waals surface area contributed by atoms with Gasteiger partial charge in [0.25, 0.3) is 0 Å². The fourth-order valence-corrected chi connectivity index (χ4v) is 3.93. The molecule has 0 radical (unpaired) electrons. The third-order valence-electron chi connectivity index (χ3n) is 5.48. The predicted octanol–water partition coefficient (Wildman–Crippen LogP) is 2.51. The van der Waals surface area contributed by atoms with E-state index in [1.165, 1.54) is 16.5 Å². The maximum absolute atomic E-state index is 12.6. The lowest BCUT2D eigenvalue weighted by molar-refractivity contribution is -0.139. The number of H-pyrrole nitrogens is 1. The zero-order valence-electron chi connectivity index (χ0n) is 16.0. The van der Waals surface area contributed by atoms with Crippen LogP contribution in [0.2, 0.25) is 0 Å². The number of hydrogen-bond donors (Lipinski definition) is 1. The molecular weight excluding hydrogens is 342 g/mol. The standard InChI is InChI=1S/C21H27N3O3/c1-15-13-24(9-10-27-15)21(25)14-23-7-5-16(6-8-23)19-12-22-20-4-3-17(26-2)11-18(19)20/h3-5,11-12,15,22H,6-10,13-14H2,1-2H3/t15-/m1/s1. The van der Waals surface area contributed by atoms with E-state index < -0.39 is 0 Å². The summed E-state index contributed by atoms with van der Waals surface area (Å²) in [6.45, 7) is 6.25. The van der Waals surface area contributed by atoms with Crippen LogP contribution in [-0.4, -0.2) is 73.2 Å². The molecule has 27 heavy (non-hydrogen) atoms. The largest absolute Gasteiger partial charge is 0.497 e. The number of nitrogens with zero attached hydrogens (tertiary/aromatic N) is 2. The minimum Gasteiger partial charge on any atom is -0.497 e. The van der Waals surface area contributed by atoms with Gasteiger partial charge in [0.05, 0.1) is 26.4 Å². The number of benzene rings is 1. The monoisotopic (exact) mass is 369 g/mol. The second kappa shape index (κ2) is 7.74. The molecule has 6 nitrogen and oxygen atoms in total. The van der Waals surface area contributed by atoms with E-state index in [-0.39, 0.29) is 12.0 Å². The van der Waals surface area contributed by atoms with Gasteiger partial charge in [-0.05, 0) is 37.1 Å². The molecule has 1 N–H and O–H groups in total. The Balaban J connectivity index is 1.42. The average Bonchev–Trinajstić information content (AvgIpc) is 3.11. The highest BCUT2D eigenvalue weighted by Crippen LogP contribution is 2.31. The van der Waals surface area contributed by atoms with Gasteiger partial charge in [-0.15, -0.1) is 0 Å². The van der Waals surface area contributed by atoms with E-state index in [2.05, 4.69) is 34.3 Å². The van der Waals surface area contributed by atoms with Crippen molar-refractivity contribution in [1.29, 1.82) is 0 Å². The van der Waals surface area contributed by atoms with Crippen LogP contribution in [0.15, 0.2) is 30.5 Å². The Morgan fingerprint density at radius 3 is 3.00 bits per heavy atom. The Bertz CT molecular complexity index is 857. The van der Waals surface area contributed by atoms with Crippen molar-refractivity contribution < 1.29 is 14.3 Å². The Kier molecular flexibility index (Phi) is 5.18. The van der Waals surface area contributed by atoms with E-state index in [1.54, 1.807) is 7.11 Å². The third-order valence-corrected chi connectivity index (χ3v) is 5.48. The number of methoxy groups -OCH3 is 1. The molecule has 0 bridgehead atoms. The molecule has 1 saturated heterocycles. The Hall–Kier alpha value is -2.31. The second-order valence-electron chi connectivity index (χ2n) is 7.35. The van der Waals surface area contributed by atoms with Crippen LogP contribution in [0.4, 0.5) is 0 Å². The van der Waals surface area contributed by atoms with Crippen molar-refractivity contribution in [1.82, 2.24) is 14.8 Å². The second-order valence-corrected chi connectivity index (χ2v) is 7.35. The highest BCUT2D eigenvalue weighted by Gasteiger charge is 2.24. The lowest BCUT2D eigenvalue weighted by Crippen LogP contribution is -2.48. The molecule has 0 aliphatic carbocycles. The summed E-state index contributed by atoms with van der Waals surface area (Å²) in [4.78, 5) is 20.1. The summed E-state index contributed by atoms with van der Waals surface area (Å²) >= 11 is 0. The van der Waals surface area contributed by atoms with Gasteiger partial charge in [-0.2, -0.15) is 0 Å². The number of hydrogen-bond acceptors (Lipinski definition) is 4. The molecule has 1 aromatic carbocycles. The summed E-state index contributed by atoms with van der Waals surface area (Å²) in [6.07, 6.45) is 5.40. The molecule has 1 aromatic heterocycles. The predicted molar refractivity (Wildman–Crippen MR) is 106 cm³/mol. The molecule has 1 amide bonds. The lowest BCUT2D eigenvalue weighted by Gasteiger charge is -2.33. The fraction of sp³-hybridized carbons (Fsp3) is 0.476. The van der Waals surface area contributed by atoms with E-state index in [0.717, 1.165) is 30.8 Å². The number of ether oxygens (including phenoxy) is 2. The minimum absolute atomic E-state index is 0.134. The summed E-state index contributed by atoms with van der Waals surface area (Å²) in [5.74, 6) is 1.07. The lowest BCUT2D eigenvalue weighted by atomic mass is 9.99. The highest BCUT2D eigenvalue weighted by molar-refractivity contribution is 5.93. The Morgan fingerprint density at radius 2 is 2.26 bits per heavy atom. The number of aromatic nitrogens is 1. The summed E-state index contributed by atoms with van der Waals surface area (Å²) < 4.78 is 10.9. The van der Waals surface area contributed by atoms with Gasteiger partial charge in [0.15, 0.2) is 0 Å². The number of amides is 1. The van der Waals surface area contributed by atoms with Gasteiger partial charge >= 0.3 is 0 Å². The third kappa shape index (κ3) is 3.87. The Labute approximate surface area is 159 Å². The normalized spacial score (nSPS) is 21.3. The van der Waals surface area contributed by atoms with Gasteiger partial charge in [-0.3, -0.25) is 9.69 Å². The SMILES string of the molecule is COc1ccc2[nH]cc(C3=CCN(CC(=O)N4CCO[C@H](C)C4)CC3)c2c1. The van der Waals surface area contributed by atoms with Gasteiger partial charge in [-0.25, -0.2) is 0 Å². The molecule has 0 spiro atoms. The average molecular weight is 369 g/mol. The number of carbonyl (C=O) groups excluding carboxylic acids is 1. The van der Waals surface area contributed by atoms with Crippen LogP contribution in [0.25, 0.3) is 16.5 Å². The smallest absolute Gasteiger partial charge is 0.236 e. The van der Waals surface area contributed by atoms with Crippen molar-refractivity contribution in [3.05, 3.63) is 36.0 Å². The van der Waals surface area contributed by atoms with Crippen LogP contribution < -0.4 is 4.74 Å². The molecule has 1 fully saturated rings. The highest BCUT2D eigenvalue weighted by atomic mass is 16.5. The molecule has 0 saturated carbocycles. The van der Waals surface area contributed by atoms with Crippen molar-refractivity contribution in [2.24, 2.45) is 0 Å². The van der Waals surface area contributed by atoms with E-state index in [4.69, 9.17) is 9.47 Å². The van der Waals surface area contributed by atoms with Crippen LogP contribution >= 0.6 is 0 Å². The molecule has 0 unspecified atom stereocenters. The molecule has 6 heteroatoms. The number of nitrogens with one attached hydrogen (secondary N) is 1. The van der Waals surface area contributed by atoms with Gasteiger partial charge < -0.3 is 19.4 Å². The molecule has 2 aliphatic heterocycles. The van der Waals surface area contributed by atoms with Gasteiger partial charge in [0, 0.05) is 48.8 Å². The van der Waals surface area contributed by atoms with Crippen LogP contribution in [0.3, 0.4) is 0 Å². The zero-order chi connectivity index (χ0) is 18.8. The van der Waals surface area contributed by atoms with Crippen LogP contribution in [0.1, 0.15) is 18.9 Å². The summed E-state index contributed by atoms with van der Waals surface area (Å²) in [7, 11) is 1.69. The van der Waals surface area contributed by atoms with Crippen molar-refractivity contribution in [2.45, 2.75) is 19.4 Å².